The second-order valence-corrected chi connectivity index (χ2v) is 7.94. The quantitative estimate of drug-likeness (QED) is 0.898. The number of carbonyl (C=O) groups is 1. The highest BCUT2D eigenvalue weighted by molar-refractivity contribution is 5.73. The van der Waals surface area contributed by atoms with Crippen LogP contribution in [-0.2, 0) is 11.3 Å². The van der Waals surface area contributed by atoms with Crippen molar-refractivity contribution >= 4 is 6.03 Å². The number of hydrogen-bond donors (Lipinski definition) is 1. The molecule has 0 aromatic heterocycles. The molecule has 0 saturated carbocycles. The van der Waals surface area contributed by atoms with Gasteiger partial charge in [0.25, 0.3) is 0 Å². The summed E-state index contributed by atoms with van der Waals surface area (Å²) in [5.74, 6) is -0.128. The molecule has 2 fully saturated rings. The number of benzene rings is 1. The van der Waals surface area contributed by atoms with Gasteiger partial charge in [0.2, 0.25) is 0 Å². The third-order valence-corrected chi connectivity index (χ3v) is 5.59. The number of carbonyl (C=O) groups excluding carboxylic acids is 1. The van der Waals surface area contributed by atoms with Crippen LogP contribution in [0.25, 0.3) is 0 Å². The van der Waals surface area contributed by atoms with E-state index in [2.05, 4.69) is 10.2 Å². The number of ether oxygens (including phenoxy) is 1. The highest BCUT2D eigenvalue weighted by atomic mass is 19.1. The van der Waals surface area contributed by atoms with Gasteiger partial charge >= 0.3 is 6.03 Å². The molecule has 3 rings (SSSR count). The molecule has 2 heterocycles. The van der Waals surface area contributed by atoms with Crippen LogP contribution in [0.4, 0.5) is 9.18 Å². The highest BCUT2D eigenvalue weighted by Crippen LogP contribution is 2.35. The maximum atomic E-state index is 14.0. The van der Waals surface area contributed by atoms with Crippen LogP contribution in [0.2, 0.25) is 0 Å². The van der Waals surface area contributed by atoms with E-state index in [0.717, 1.165) is 49.9 Å². The molecule has 2 aliphatic rings. The summed E-state index contributed by atoms with van der Waals surface area (Å²) in [4.78, 5) is 15.8. The molecule has 0 bridgehead atoms. The first-order valence-corrected chi connectivity index (χ1v) is 9.46. The van der Waals surface area contributed by atoms with Gasteiger partial charge in [0, 0.05) is 51.9 Å². The number of urea groups is 1. The minimum absolute atomic E-state index is 0.0422. The zero-order chi connectivity index (χ0) is 18.7. The van der Waals surface area contributed by atoms with E-state index in [-0.39, 0.29) is 23.5 Å². The van der Waals surface area contributed by atoms with Crippen molar-refractivity contribution in [3.63, 3.8) is 0 Å². The Hall–Kier alpha value is -1.66. The zero-order valence-corrected chi connectivity index (χ0v) is 16.1. The Labute approximate surface area is 155 Å². The van der Waals surface area contributed by atoms with Crippen molar-refractivity contribution in [2.24, 2.45) is 0 Å². The molecule has 0 aliphatic carbocycles. The lowest BCUT2D eigenvalue weighted by Crippen LogP contribution is -2.54. The van der Waals surface area contributed by atoms with Gasteiger partial charge in [-0.25, -0.2) is 9.18 Å². The van der Waals surface area contributed by atoms with Crippen LogP contribution in [0.15, 0.2) is 18.2 Å². The molecule has 0 radical (unpaired) electrons. The number of piperidine rings is 1. The molecule has 5 nitrogen and oxygen atoms in total. The maximum absolute atomic E-state index is 14.0. The van der Waals surface area contributed by atoms with Crippen molar-refractivity contribution in [2.45, 2.75) is 50.8 Å². The van der Waals surface area contributed by atoms with Gasteiger partial charge in [0.1, 0.15) is 5.82 Å². The van der Waals surface area contributed by atoms with Crippen molar-refractivity contribution in [2.75, 3.05) is 33.8 Å². The number of hydrogen-bond acceptors (Lipinski definition) is 3. The molecule has 144 valence electrons. The van der Waals surface area contributed by atoms with Crippen LogP contribution in [0.1, 0.15) is 36.8 Å². The minimum Gasteiger partial charge on any atom is -0.375 e. The van der Waals surface area contributed by atoms with E-state index in [0.29, 0.717) is 13.2 Å². The van der Waals surface area contributed by atoms with Crippen molar-refractivity contribution in [3.05, 3.63) is 35.1 Å². The lowest BCUT2D eigenvalue weighted by atomic mass is 9.82. The van der Waals surface area contributed by atoms with E-state index >= 15 is 0 Å². The minimum atomic E-state index is -0.149. The maximum Gasteiger partial charge on any atom is 0.317 e. The molecule has 2 amide bonds. The van der Waals surface area contributed by atoms with Crippen LogP contribution in [0.5, 0.6) is 0 Å². The van der Waals surface area contributed by atoms with Gasteiger partial charge in [-0.3, -0.25) is 4.90 Å². The summed E-state index contributed by atoms with van der Waals surface area (Å²) in [7, 11) is 3.51. The molecule has 1 atom stereocenters. The van der Waals surface area contributed by atoms with Gasteiger partial charge in [0.15, 0.2) is 0 Å². The number of nitrogens with one attached hydrogen (secondary N) is 1. The predicted molar refractivity (Wildman–Crippen MR) is 99.6 cm³/mol. The molecular weight excluding hydrogens is 333 g/mol. The lowest BCUT2D eigenvalue weighted by molar-refractivity contribution is -0.119. The number of likely N-dealkylation sites (tertiary alicyclic amines) is 1. The fourth-order valence-corrected chi connectivity index (χ4v) is 3.99. The Morgan fingerprint density at radius 3 is 2.81 bits per heavy atom. The normalized spacial score (nSPS) is 23.0. The van der Waals surface area contributed by atoms with Crippen molar-refractivity contribution in [1.82, 2.24) is 15.1 Å². The van der Waals surface area contributed by atoms with Crippen molar-refractivity contribution < 1.29 is 13.9 Å². The van der Waals surface area contributed by atoms with E-state index in [1.807, 2.05) is 19.1 Å². The number of rotatable bonds is 3. The van der Waals surface area contributed by atoms with E-state index in [1.54, 1.807) is 25.1 Å². The summed E-state index contributed by atoms with van der Waals surface area (Å²) >= 11 is 0. The van der Waals surface area contributed by atoms with Gasteiger partial charge in [0.05, 0.1) is 5.60 Å². The highest BCUT2D eigenvalue weighted by Gasteiger charge is 2.40. The van der Waals surface area contributed by atoms with Gasteiger partial charge in [-0.15, -0.1) is 0 Å². The summed E-state index contributed by atoms with van der Waals surface area (Å²) in [6.45, 7) is 5.10. The standard InChI is InChI=1S/C20H30FN3O2/c1-15-4-5-18(21)16(12-15)14-24-9-7-20(8-10-24)13-17(6-11-26-20)22-19(25)23(2)3/h4-5,12,17H,6-11,13-14H2,1-3H3,(H,22,25). The first kappa shape index (κ1) is 19.1. The fraction of sp³-hybridized carbons (Fsp3) is 0.650. The first-order valence-electron chi connectivity index (χ1n) is 9.46. The average molecular weight is 363 g/mol. The van der Waals surface area contributed by atoms with Crippen molar-refractivity contribution in [1.29, 1.82) is 0 Å². The molecule has 1 unspecified atom stereocenters. The largest absolute Gasteiger partial charge is 0.375 e. The zero-order valence-electron chi connectivity index (χ0n) is 16.1. The van der Waals surface area contributed by atoms with Crippen LogP contribution in [0, 0.1) is 12.7 Å². The molecule has 1 spiro atoms. The summed E-state index contributed by atoms with van der Waals surface area (Å²) < 4.78 is 20.2. The SMILES string of the molecule is Cc1ccc(F)c(CN2CCC3(CC2)CC(NC(=O)N(C)C)CCO3)c1. The predicted octanol–water partition coefficient (Wildman–Crippen LogP) is 2.92. The Bertz CT molecular complexity index is 642. The number of aryl methyl sites for hydroxylation is 1. The number of nitrogens with zero attached hydrogens (tertiary/aromatic N) is 2. The molecular formula is C20H30FN3O2. The Balaban J connectivity index is 1.55. The van der Waals surface area contributed by atoms with Crippen molar-refractivity contribution in [3.8, 4) is 0 Å². The third kappa shape index (κ3) is 4.54. The molecule has 1 aromatic carbocycles. The number of halogens is 1. The second kappa shape index (κ2) is 7.92. The van der Waals surface area contributed by atoms with E-state index in [4.69, 9.17) is 4.74 Å². The van der Waals surface area contributed by atoms with E-state index in [1.165, 1.54) is 0 Å². The average Bonchev–Trinajstić information content (AvgIpc) is 2.60. The van der Waals surface area contributed by atoms with Crippen LogP contribution >= 0.6 is 0 Å². The Kier molecular flexibility index (Phi) is 5.82. The van der Waals surface area contributed by atoms with Crippen LogP contribution in [-0.4, -0.2) is 61.3 Å². The topological polar surface area (TPSA) is 44.8 Å². The summed E-state index contributed by atoms with van der Waals surface area (Å²) in [6, 6.07) is 5.42. The third-order valence-electron chi connectivity index (χ3n) is 5.59. The first-order chi connectivity index (χ1) is 12.4. The van der Waals surface area contributed by atoms with Gasteiger partial charge < -0.3 is 15.0 Å². The van der Waals surface area contributed by atoms with Crippen LogP contribution in [0.3, 0.4) is 0 Å². The van der Waals surface area contributed by atoms with E-state index < -0.39 is 0 Å². The molecule has 1 N–H and O–H groups in total. The summed E-state index contributed by atoms with van der Waals surface area (Å²) in [5, 5.41) is 3.10. The fourth-order valence-electron chi connectivity index (χ4n) is 3.99. The van der Waals surface area contributed by atoms with Crippen LogP contribution < -0.4 is 5.32 Å². The molecule has 2 saturated heterocycles. The molecule has 2 aliphatic heterocycles. The van der Waals surface area contributed by atoms with Gasteiger partial charge in [-0.2, -0.15) is 0 Å². The van der Waals surface area contributed by atoms with Gasteiger partial charge in [-0.1, -0.05) is 17.7 Å². The molecule has 1 aromatic rings. The van der Waals surface area contributed by atoms with Gasteiger partial charge in [-0.05, 0) is 38.7 Å². The monoisotopic (exact) mass is 363 g/mol. The summed E-state index contributed by atoms with van der Waals surface area (Å²) in [6.07, 6.45) is 3.57. The number of amides is 2. The lowest BCUT2D eigenvalue weighted by Gasteiger charge is -2.46. The van der Waals surface area contributed by atoms with E-state index in [9.17, 15) is 9.18 Å². The molecule has 6 heteroatoms. The smallest absolute Gasteiger partial charge is 0.317 e. The Morgan fingerprint density at radius 2 is 2.12 bits per heavy atom. The molecule has 26 heavy (non-hydrogen) atoms. The second-order valence-electron chi connectivity index (χ2n) is 7.94. The Morgan fingerprint density at radius 1 is 1.38 bits per heavy atom. The summed E-state index contributed by atoms with van der Waals surface area (Å²) in [5.41, 5.74) is 1.70.